The molecule has 1 unspecified atom stereocenters. The molecule has 28 heavy (non-hydrogen) atoms. The van der Waals surface area contributed by atoms with Gasteiger partial charge in [-0.2, -0.15) is 0 Å². The summed E-state index contributed by atoms with van der Waals surface area (Å²) in [5.74, 6) is 1.21. The summed E-state index contributed by atoms with van der Waals surface area (Å²) in [7, 11) is 0. The van der Waals surface area contributed by atoms with Gasteiger partial charge in [-0.3, -0.25) is 14.9 Å². The summed E-state index contributed by atoms with van der Waals surface area (Å²) < 4.78 is 6.11. The first kappa shape index (κ1) is 17.3. The molecule has 3 aromatic rings. The molecule has 2 aliphatic rings. The molecule has 0 radical (unpaired) electrons. The van der Waals surface area contributed by atoms with E-state index in [1.54, 1.807) is 6.20 Å². The smallest absolute Gasteiger partial charge is 0.286 e. The van der Waals surface area contributed by atoms with Gasteiger partial charge in [0.25, 0.3) is 5.24 Å². The van der Waals surface area contributed by atoms with Gasteiger partial charge < -0.3 is 4.74 Å². The molecule has 0 bridgehead atoms. The number of ether oxygens (including phenoxy) is 1. The molecule has 140 valence electrons. The monoisotopic (exact) mass is 390 g/mol. The van der Waals surface area contributed by atoms with Crippen LogP contribution in [0.1, 0.15) is 29.9 Å². The third kappa shape index (κ3) is 3.03. The molecule has 1 aromatic heterocycles. The highest BCUT2D eigenvalue weighted by Gasteiger charge is 2.40. The highest BCUT2D eigenvalue weighted by molar-refractivity contribution is 8.15. The number of pyridine rings is 1. The largest absolute Gasteiger partial charge is 0.438 e. The predicted octanol–water partition coefficient (Wildman–Crippen LogP) is 4.80. The van der Waals surface area contributed by atoms with Gasteiger partial charge in [-0.1, -0.05) is 36.0 Å². The molecule has 2 aromatic carbocycles. The fraction of sp³-hybridized carbons (Fsp3) is 0.227. The van der Waals surface area contributed by atoms with Crippen molar-refractivity contribution in [3.8, 4) is 11.6 Å². The molecule has 2 heterocycles. The number of rotatable bonds is 3. The summed E-state index contributed by atoms with van der Waals surface area (Å²) in [5, 5.41) is 3.88. The first-order valence-corrected chi connectivity index (χ1v) is 10.2. The molecule has 5 rings (SSSR count). The summed E-state index contributed by atoms with van der Waals surface area (Å²) in [6, 6.07) is 16.0. The Labute approximate surface area is 166 Å². The van der Waals surface area contributed by atoms with Crippen molar-refractivity contribution in [2.45, 2.75) is 30.4 Å². The molecule has 6 heteroatoms. The van der Waals surface area contributed by atoms with Crippen molar-refractivity contribution in [1.29, 1.82) is 0 Å². The van der Waals surface area contributed by atoms with Crippen LogP contribution in [0.4, 0.5) is 4.79 Å². The first-order valence-electron chi connectivity index (χ1n) is 9.35. The lowest BCUT2D eigenvalue weighted by Crippen LogP contribution is -2.30. The van der Waals surface area contributed by atoms with E-state index in [1.165, 1.54) is 5.56 Å². The SMILES string of the molecule is O=C1NC(=O)C([C@@H]2CCCc3cc(Oc4nccc5ccccc45)ccc32)S1. The highest BCUT2D eigenvalue weighted by atomic mass is 32.2. The number of aryl methyl sites for hydroxylation is 1. The molecule has 5 nitrogen and oxygen atoms in total. The van der Waals surface area contributed by atoms with E-state index in [1.807, 2.05) is 48.5 Å². The van der Waals surface area contributed by atoms with Gasteiger partial charge in [0.05, 0.1) is 0 Å². The Balaban J connectivity index is 1.46. The van der Waals surface area contributed by atoms with Crippen molar-refractivity contribution in [2.75, 3.05) is 0 Å². The van der Waals surface area contributed by atoms with Crippen LogP contribution in [0.3, 0.4) is 0 Å². The van der Waals surface area contributed by atoms with Crippen molar-refractivity contribution < 1.29 is 14.3 Å². The minimum atomic E-state index is -0.335. The Bertz CT molecular complexity index is 1090. The van der Waals surface area contributed by atoms with Crippen molar-refractivity contribution in [3.05, 3.63) is 65.9 Å². The number of imide groups is 1. The van der Waals surface area contributed by atoms with Gasteiger partial charge in [-0.05, 0) is 60.0 Å². The molecule has 0 saturated carbocycles. The second-order valence-electron chi connectivity index (χ2n) is 7.11. The molecular formula is C22H18N2O3S. The molecule has 2 amide bonds. The summed E-state index contributed by atoms with van der Waals surface area (Å²) in [6.45, 7) is 0. The fourth-order valence-corrected chi connectivity index (χ4v) is 5.13. The normalized spacial score (nSPS) is 21.4. The predicted molar refractivity (Wildman–Crippen MR) is 109 cm³/mol. The molecule has 1 N–H and O–H groups in total. The Hall–Kier alpha value is -2.86. The second-order valence-corrected chi connectivity index (χ2v) is 8.23. The number of hydrogen-bond acceptors (Lipinski definition) is 5. The molecule has 1 fully saturated rings. The number of aromatic nitrogens is 1. The van der Waals surface area contributed by atoms with E-state index in [0.717, 1.165) is 53.1 Å². The third-order valence-corrected chi connectivity index (χ3v) is 6.52. The minimum absolute atomic E-state index is 0.0601. The van der Waals surface area contributed by atoms with Gasteiger partial charge in [-0.15, -0.1) is 0 Å². The maximum atomic E-state index is 12.1. The average molecular weight is 390 g/mol. The Morgan fingerprint density at radius 2 is 2.00 bits per heavy atom. The number of nitrogens with one attached hydrogen (secondary N) is 1. The van der Waals surface area contributed by atoms with Crippen LogP contribution in [-0.4, -0.2) is 21.4 Å². The Kier molecular flexibility index (Phi) is 4.28. The third-order valence-electron chi connectivity index (χ3n) is 5.41. The van der Waals surface area contributed by atoms with E-state index in [9.17, 15) is 9.59 Å². The standard InChI is InChI=1S/C22H18N2O3S/c25-20-19(28-22(26)24-20)18-7-3-5-14-12-15(8-9-16(14)18)27-21-17-6-2-1-4-13(17)10-11-23-21/h1-2,4,6,8-12,18-19H,3,5,7H2,(H,24,25,26)/t18-,19?/m1/s1. The molecular weight excluding hydrogens is 372 g/mol. The first-order chi connectivity index (χ1) is 13.7. The molecule has 0 spiro atoms. The number of hydrogen-bond donors (Lipinski definition) is 1. The lowest BCUT2D eigenvalue weighted by atomic mass is 9.80. The van der Waals surface area contributed by atoms with Crippen LogP contribution in [0.2, 0.25) is 0 Å². The van der Waals surface area contributed by atoms with Crippen LogP contribution in [0, 0.1) is 0 Å². The van der Waals surface area contributed by atoms with Crippen molar-refractivity contribution in [2.24, 2.45) is 0 Å². The number of carbonyl (C=O) groups excluding carboxylic acids is 2. The van der Waals surface area contributed by atoms with Crippen molar-refractivity contribution in [3.63, 3.8) is 0 Å². The van der Waals surface area contributed by atoms with E-state index in [2.05, 4.69) is 10.3 Å². The maximum absolute atomic E-state index is 12.1. The number of nitrogens with zero attached hydrogens (tertiary/aromatic N) is 1. The molecule has 1 aliphatic heterocycles. The second kappa shape index (κ2) is 6.95. The lowest BCUT2D eigenvalue weighted by Gasteiger charge is -2.28. The van der Waals surface area contributed by atoms with E-state index < -0.39 is 0 Å². The van der Waals surface area contributed by atoms with Gasteiger partial charge in [0, 0.05) is 17.5 Å². The van der Waals surface area contributed by atoms with E-state index in [4.69, 9.17) is 4.74 Å². The van der Waals surface area contributed by atoms with E-state index in [0.29, 0.717) is 5.88 Å². The van der Waals surface area contributed by atoms with Gasteiger partial charge in [-0.25, -0.2) is 4.98 Å². The summed E-state index contributed by atoms with van der Waals surface area (Å²) in [6.07, 6.45) is 4.60. The Morgan fingerprint density at radius 1 is 1.11 bits per heavy atom. The fourth-order valence-electron chi connectivity index (χ4n) is 4.13. The zero-order valence-electron chi connectivity index (χ0n) is 15.1. The summed E-state index contributed by atoms with van der Waals surface area (Å²) in [5.41, 5.74) is 2.33. The summed E-state index contributed by atoms with van der Waals surface area (Å²) >= 11 is 1.11. The van der Waals surface area contributed by atoms with E-state index in [-0.39, 0.29) is 22.3 Å². The van der Waals surface area contributed by atoms with Gasteiger partial charge in [0.2, 0.25) is 11.8 Å². The maximum Gasteiger partial charge on any atom is 0.286 e. The summed E-state index contributed by atoms with van der Waals surface area (Å²) in [4.78, 5) is 28.1. The van der Waals surface area contributed by atoms with Gasteiger partial charge in [0.1, 0.15) is 11.0 Å². The number of fused-ring (bicyclic) bond motifs is 2. The quantitative estimate of drug-likeness (QED) is 0.696. The zero-order chi connectivity index (χ0) is 19.1. The number of thioether (sulfide) groups is 1. The molecule has 1 aliphatic carbocycles. The number of amides is 2. The van der Waals surface area contributed by atoms with Crippen LogP contribution in [-0.2, 0) is 11.2 Å². The van der Waals surface area contributed by atoms with E-state index >= 15 is 0 Å². The lowest BCUT2D eigenvalue weighted by molar-refractivity contribution is -0.119. The minimum Gasteiger partial charge on any atom is -0.438 e. The van der Waals surface area contributed by atoms with Crippen LogP contribution in [0.25, 0.3) is 10.8 Å². The van der Waals surface area contributed by atoms with Crippen LogP contribution >= 0.6 is 11.8 Å². The molecule has 1 saturated heterocycles. The highest BCUT2D eigenvalue weighted by Crippen LogP contribution is 2.42. The van der Waals surface area contributed by atoms with Crippen LogP contribution in [0.5, 0.6) is 11.6 Å². The Morgan fingerprint density at radius 3 is 2.86 bits per heavy atom. The van der Waals surface area contributed by atoms with Crippen LogP contribution in [0.15, 0.2) is 54.7 Å². The van der Waals surface area contributed by atoms with Crippen molar-refractivity contribution in [1.82, 2.24) is 10.3 Å². The topological polar surface area (TPSA) is 68.3 Å². The van der Waals surface area contributed by atoms with Crippen molar-refractivity contribution >= 4 is 33.7 Å². The average Bonchev–Trinajstić information content (AvgIpc) is 3.05. The zero-order valence-corrected chi connectivity index (χ0v) is 15.9. The van der Waals surface area contributed by atoms with Gasteiger partial charge in [0.15, 0.2) is 0 Å². The number of benzene rings is 2. The van der Waals surface area contributed by atoms with Gasteiger partial charge >= 0.3 is 0 Å². The number of carbonyl (C=O) groups is 2. The molecule has 2 atom stereocenters. The van der Waals surface area contributed by atoms with Crippen LogP contribution < -0.4 is 10.1 Å².